The van der Waals surface area contributed by atoms with Crippen LogP contribution in [0.1, 0.15) is 53.2 Å². The van der Waals surface area contributed by atoms with Crippen LogP contribution in [-0.2, 0) is 13.2 Å². The summed E-state index contributed by atoms with van der Waals surface area (Å²) >= 11 is 6.12. The van der Waals surface area contributed by atoms with E-state index >= 15 is 0 Å². The number of nitrogens with one attached hydrogen (secondary N) is 1. The molecular formula is C27H28ClF3N4O. The van der Waals surface area contributed by atoms with Gasteiger partial charge in [-0.1, -0.05) is 35.9 Å². The molecule has 190 valence electrons. The summed E-state index contributed by atoms with van der Waals surface area (Å²) in [6, 6.07) is 11.0. The molecule has 3 aliphatic rings. The Balaban J connectivity index is 1.56. The van der Waals surface area contributed by atoms with Crippen molar-refractivity contribution in [3.8, 4) is 11.1 Å². The maximum absolute atomic E-state index is 13.5. The molecule has 0 spiro atoms. The van der Waals surface area contributed by atoms with Crippen molar-refractivity contribution in [3.05, 3.63) is 76.6 Å². The van der Waals surface area contributed by atoms with Gasteiger partial charge in [-0.25, -0.2) is 0 Å². The van der Waals surface area contributed by atoms with E-state index in [0.29, 0.717) is 5.92 Å². The fourth-order valence-corrected chi connectivity index (χ4v) is 6.27. The van der Waals surface area contributed by atoms with Crippen molar-refractivity contribution in [2.75, 3.05) is 13.6 Å². The van der Waals surface area contributed by atoms with Crippen LogP contribution in [0.2, 0.25) is 5.02 Å². The van der Waals surface area contributed by atoms with Crippen LogP contribution in [0.25, 0.3) is 11.1 Å². The lowest BCUT2D eigenvalue weighted by atomic mass is 9.65. The average molecular weight is 517 g/mol. The summed E-state index contributed by atoms with van der Waals surface area (Å²) in [5.74, 6) is 0.0196. The summed E-state index contributed by atoms with van der Waals surface area (Å²) in [5.41, 5.74) is 1.28. The zero-order valence-electron chi connectivity index (χ0n) is 20.1. The molecule has 3 fully saturated rings. The molecule has 6 rings (SSSR count). The SMILES string of the molecule is CN1CC2CCC1(C(NC(=O)c1cccc(C(F)(F)F)c1Cl)c1cccc(-c3cnn(C)c3)c1)CC2. The topological polar surface area (TPSA) is 50.2 Å². The number of aryl methyl sites for hydroxylation is 1. The number of rotatable bonds is 5. The van der Waals surface area contributed by atoms with Gasteiger partial charge in [-0.2, -0.15) is 18.3 Å². The number of amides is 1. The van der Waals surface area contributed by atoms with Gasteiger partial charge in [0.25, 0.3) is 5.91 Å². The van der Waals surface area contributed by atoms with E-state index in [9.17, 15) is 18.0 Å². The highest BCUT2D eigenvalue weighted by atomic mass is 35.5. The first-order chi connectivity index (χ1) is 17.1. The maximum Gasteiger partial charge on any atom is 0.417 e. The minimum atomic E-state index is -4.65. The average Bonchev–Trinajstić information content (AvgIpc) is 3.29. The van der Waals surface area contributed by atoms with E-state index in [0.717, 1.165) is 55.0 Å². The number of fused-ring (bicyclic) bond motifs is 3. The van der Waals surface area contributed by atoms with E-state index in [1.54, 1.807) is 10.9 Å². The Hall–Kier alpha value is -2.84. The number of benzene rings is 2. The van der Waals surface area contributed by atoms with Gasteiger partial charge in [-0.15, -0.1) is 0 Å². The maximum atomic E-state index is 13.5. The Kier molecular flexibility index (Phi) is 6.37. The smallest absolute Gasteiger partial charge is 0.343 e. The second-order valence-corrected chi connectivity index (χ2v) is 10.4. The van der Waals surface area contributed by atoms with Crippen molar-refractivity contribution in [2.24, 2.45) is 13.0 Å². The van der Waals surface area contributed by atoms with Crippen LogP contribution in [-0.4, -0.2) is 39.7 Å². The largest absolute Gasteiger partial charge is 0.417 e. The molecule has 0 radical (unpaired) electrons. The lowest BCUT2D eigenvalue weighted by Gasteiger charge is -2.57. The molecule has 1 amide bonds. The molecule has 1 saturated carbocycles. The molecule has 1 unspecified atom stereocenters. The molecular weight excluding hydrogens is 489 g/mol. The van der Waals surface area contributed by atoms with Gasteiger partial charge in [0.1, 0.15) is 0 Å². The number of hydrogen-bond acceptors (Lipinski definition) is 3. The molecule has 2 aliphatic heterocycles. The van der Waals surface area contributed by atoms with Crippen LogP contribution in [0, 0.1) is 5.92 Å². The molecule has 36 heavy (non-hydrogen) atoms. The fourth-order valence-electron chi connectivity index (χ4n) is 5.95. The normalized spacial score (nSPS) is 23.0. The molecule has 2 saturated heterocycles. The van der Waals surface area contributed by atoms with Crippen LogP contribution in [0.5, 0.6) is 0 Å². The lowest BCUT2D eigenvalue weighted by molar-refractivity contribution is -0.137. The first-order valence-corrected chi connectivity index (χ1v) is 12.4. The molecule has 1 atom stereocenters. The van der Waals surface area contributed by atoms with E-state index in [1.807, 2.05) is 37.5 Å². The summed E-state index contributed by atoms with van der Waals surface area (Å²) in [6.45, 7) is 0.930. The van der Waals surface area contributed by atoms with E-state index in [4.69, 9.17) is 11.6 Å². The number of halogens is 4. The summed E-state index contributed by atoms with van der Waals surface area (Å²) in [7, 11) is 3.93. The van der Waals surface area contributed by atoms with Crippen LogP contribution >= 0.6 is 11.6 Å². The number of hydrogen-bond donors (Lipinski definition) is 1. The van der Waals surface area contributed by atoms with Crippen LogP contribution in [0.3, 0.4) is 0 Å². The van der Waals surface area contributed by atoms with Gasteiger partial charge < -0.3 is 5.32 Å². The van der Waals surface area contributed by atoms with Gasteiger partial charge in [-0.05, 0) is 68.0 Å². The number of carbonyl (C=O) groups excluding carboxylic acids is 1. The number of aromatic nitrogens is 2. The number of alkyl halides is 3. The summed E-state index contributed by atoms with van der Waals surface area (Å²) in [4.78, 5) is 15.8. The quantitative estimate of drug-likeness (QED) is 0.445. The van der Waals surface area contributed by atoms with Crippen molar-refractivity contribution < 1.29 is 18.0 Å². The Morgan fingerprint density at radius 2 is 1.86 bits per heavy atom. The third kappa shape index (κ3) is 4.41. The monoisotopic (exact) mass is 516 g/mol. The Morgan fingerprint density at radius 1 is 1.14 bits per heavy atom. The van der Waals surface area contributed by atoms with Crippen molar-refractivity contribution in [1.82, 2.24) is 20.0 Å². The zero-order valence-corrected chi connectivity index (χ0v) is 20.9. The second kappa shape index (κ2) is 9.23. The Morgan fingerprint density at radius 3 is 2.50 bits per heavy atom. The number of nitrogens with zero attached hydrogens (tertiary/aromatic N) is 3. The van der Waals surface area contributed by atoms with Crippen LogP contribution in [0.15, 0.2) is 54.9 Å². The minimum absolute atomic E-state index is 0.177. The van der Waals surface area contributed by atoms with Crippen LogP contribution in [0.4, 0.5) is 13.2 Å². The zero-order chi connectivity index (χ0) is 25.7. The highest BCUT2D eigenvalue weighted by Gasteiger charge is 2.50. The Bertz CT molecular complexity index is 1280. The fraction of sp³-hybridized carbons (Fsp3) is 0.407. The van der Waals surface area contributed by atoms with Gasteiger partial charge in [0.15, 0.2) is 0 Å². The molecule has 3 aromatic rings. The predicted octanol–water partition coefficient (Wildman–Crippen LogP) is 6.10. The number of likely N-dealkylation sites (N-methyl/N-ethyl adjacent to an activating group) is 1. The van der Waals surface area contributed by atoms with Gasteiger partial charge in [0.05, 0.1) is 28.4 Å². The molecule has 2 aromatic carbocycles. The summed E-state index contributed by atoms with van der Waals surface area (Å²) in [6.07, 6.45) is 2.97. The van der Waals surface area contributed by atoms with Crippen LogP contribution < -0.4 is 5.32 Å². The van der Waals surface area contributed by atoms with E-state index in [2.05, 4.69) is 22.4 Å². The third-order valence-electron chi connectivity index (χ3n) is 7.88. The molecule has 5 nitrogen and oxygen atoms in total. The van der Waals surface area contributed by atoms with Crippen molar-refractivity contribution in [3.63, 3.8) is 0 Å². The molecule has 1 aliphatic carbocycles. The third-order valence-corrected chi connectivity index (χ3v) is 8.29. The standard InChI is InChI=1S/C27H28ClF3N4O/c1-34-15-17-9-11-26(34,12-10-17)24(19-6-3-5-18(13-19)20-14-32-35(2)16-20)33-25(36)21-7-4-8-22(23(21)28)27(29,30)31/h3-8,13-14,16-17,24H,9-12,15H2,1-2H3,(H,33,36). The number of carbonyl (C=O) groups is 1. The molecule has 3 heterocycles. The van der Waals surface area contributed by atoms with Gasteiger partial charge in [0.2, 0.25) is 0 Å². The Labute approximate surface area is 213 Å². The van der Waals surface area contributed by atoms with Gasteiger partial charge in [-0.3, -0.25) is 14.4 Å². The van der Waals surface area contributed by atoms with E-state index in [1.165, 1.54) is 12.1 Å². The predicted molar refractivity (Wildman–Crippen MR) is 133 cm³/mol. The molecule has 1 aromatic heterocycles. The first-order valence-electron chi connectivity index (χ1n) is 12.1. The van der Waals surface area contributed by atoms with E-state index < -0.39 is 28.7 Å². The lowest BCUT2D eigenvalue weighted by Crippen LogP contribution is -2.62. The summed E-state index contributed by atoms with van der Waals surface area (Å²) < 4.78 is 42.1. The second-order valence-electron chi connectivity index (χ2n) is 10.0. The molecule has 2 bridgehead atoms. The van der Waals surface area contributed by atoms with E-state index in [-0.39, 0.29) is 11.1 Å². The minimum Gasteiger partial charge on any atom is -0.343 e. The first kappa shape index (κ1) is 24.8. The molecule has 9 heteroatoms. The summed E-state index contributed by atoms with van der Waals surface area (Å²) in [5, 5.41) is 6.80. The highest BCUT2D eigenvalue weighted by Crippen LogP contribution is 2.49. The van der Waals surface area contributed by atoms with Crippen molar-refractivity contribution >= 4 is 17.5 Å². The van der Waals surface area contributed by atoms with Gasteiger partial charge in [0, 0.05) is 30.9 Å². The van der Waals surface area contributed by atoms with Gasteiger partial charge >= 0.3 is 6.18 Å². The number of piperidine rings is 2. The van der Waals surface area contributed by atoms with Crippen molar-refractivity contribution in [2.45, 2.75) is 43.4 Å². The highest BCUT2D eigenvalue weighted by molar-refractivity contribution is 6.34. The van der Waals surface area contributed by atoms with Crippen molar-refractivity contribution in [1.29, 1.82) is 0 Å². The molecule has 1 N–H and O–H groups in total.